The zero-order valence-electron chi connectivity index (χ0n) is 10.0. The van der Waals surface area contributed by atoms with Gasteiger partial charge in [-0.05, 0) is 36.8 Å². The third-order valence-corrected chi connectivity index (χ3v) is 3.85. The van der Waals surface area contributed by atoms with E-state index in [-0.39, 0.29) is 0 Å². The Morgan fingerprint density at radius 1 is 1.21 bits per heavy atom. The minimum absolute atomic E-state index is 0.612. The number of hydrogen-bond acceptors (Lipinski definition) is 1. The fraction of sp³-hybridized carbons (Fsp3) is 0.0714. The highest BCUT2D eigenvalue weighted by Crippen LogP contribution is 2.33. The van der Waals surface area contributed by atoms with Crippen molar-refractivity contribution in [3.8, 4) is 0 Å². The number of fused-ring (bicyclic) bond motifs is 5. The van der Waals surface area contributed by atoms with Gasteiger partial charge in [0.15, 0.2) is 0 Å². The van der Waals surface area contributed by atoms with Crippen molar-refractivity contribution in [3.05, 3.63) is 46.1 Å². The standard InChI is InChI=1S/C14H9Cl2N3/c1-7-2-3-19-11(4-7)17-13-9-5-8(15)6-10(16)12(9)18-14(13)19/h2-6,18H,1H3. The minimum Gasteiger partial charge on any atom is -0.338 e. The second-order valence-electron chi connectivity index (χ2n) is 4.68. The van der Waals surface area contributed by atoms with Crippen LogP contribution in [0.25, 0.3) is 27.7 Å². The predicted molar refractivity (Wildman–Crippen MR) is 79.3 cm³/mol. The van der Waals surface area contributed by atoms with E-state index < -0.39 is 0 Å². The number of nitrogens with zero attached hydrogens (tertiary/aromatic N) is 2. The normalized spacial score (nSPS) is 11.9. The number of halogens is 2. The number of rotatable bonds is 0. The first-order chi connectivity index (χ1) is 9.13. The maximum absolute atomic E-state index is 6.21. The van der Waals surface area contributed by atoms with E-state index in [1.165, 1.54) is 5.56 Å². The maximum atomic E-state index is 6.21. The Kier molecular flexibility index (Phi) is 2.14. The number of nitrogens with one attached hydrogen (secondary N) is 1. The van der Waals surface area contributed by atoms with Gasteiger partial charge in [0.1, 0.15) is 16.8 Å². The number of aromatic amines is 1. The molecule has 3 nitrogen and oxygen atoms in total. The smallest absolute Gasteiger partial charge is 0.143 e. The SMILES string of the molecule is Cc1ccn2c(c1)nc1c3cc(Cl)cc(Cl)c3[nH]c12. The predicted octanol–water partition coefficient (Wildman–Crippen LogP) is 4.58. The first-order valence-electron chi connectivity index (χ1n) is 5.88. The molecule has 0 fully saturated rings. The fourth-order valence-corrected chi connectivity index (χ4v) is 3.00. The van der Waals surface area contributed by atoms with Crippen molar-refractivity contribution in [2.45, 2.75) is 6.92 Å². The molecule has 0 saturated carbocycles. The molecular weight excluding hydrogens is 281 g/mol. The van der Waals surface area contributed by atoms with Gasteiger partial charge in [-0.25, -0.2) is 4.98 Å². The number of H-pyrrole nitrogens is 1. The van der Waals surface area contributed by atoms with Gasteiger partial charge in [0.25, 0.3) is 0 Å². The van der Waals surface area contributed by atoms with Crippen molar-refractivity contribution in [2.24, 2.45) is 0 Å². The fourth-order valence-electron chi connectivity index (χ4n) is 2.46. The molecule has 0 aliphatic rings. The summed E-state index contributed by atoms with van der Waals surface area (Å²) in [5.74, 6) is 0. The van der Waals surface area contributed by atoms with Crippen molar-refractivity contribution in [1.29, 1.82) is 0 Å². The largest absolute Gasteiger partial charge is 0.338 e. The zero-order chi connectivity index (χ0) is 13.1. The molecule has 4 aromatic rings. The molecule has 0 spiro atoms. The highest BCUT2D eigenvalue weighted by molar-refractivity contribution is 6.39. The second-order valence-corrected chi connectivity index (χ2v) is 5.52. The number of aryl methyl sites for hydroxylation is 1. The summed E-state index contributed by atoms with van der Waals surface area (Å²) >= 11 is 12.3. The molecular formula is C14H9Cl2N3. The Hall–Kier alpha value is -1.71. The summed E-state index contributed by atoms with van der Waals surface area (Å²) in [6.07, 6.45) is 2.00. The molecule has 5 heteroatoms. The van der Waals surface area contributed by atoms with Gasteiger partial charge in [-0.2, -0.15) is 0 Å². The zero-order valence-corrected chi connectivity index (χ0v) is 11.5. The number of aromatic nitrogens is 3. The van der Waals surface area contributed by atoms with Gasteiger partial charge in [-0.1, -0.05) is 23.2 Å². The van der Waals surface area contributed by atoms with Gasteiger partial charge in [0.2, 0.25) is 0 Å². The van der Waals surface area contributed by atoms with Crippen molar-refractivity contribution in [3.63, 3.8) is 0 Å². The molecule has 0 saturated heterocycles. The quantitative estimate of drug-likeness (QED) is 0.505. The lowest BCUT2D eigenvalue weighted by Crippen LogP contribution is -1.85. The summed E-state index contributed by atoms with van der Waals surface area (Å²) in [6.45, 7) is 2.05. The number of pyridine rings is 1. The Morgan fingerprint density at radius 2 is 2.05 bits per heavy atom. The van der Waals surface area contributed by atoms with Crippen molar-refractivity contribution in [1.82, 2.24) is 14.4 Å². The van der Waals surface area contributed by atoms with Crippen LogP contribution in [0, 0.1) is 6.92 Å². The molecule has 0 aliphatic heterocycles. The minimum atomic E-state index is 0.612. The average Bonchev–Trinajstić information content (AvgIpc) is 2.85. The number of benzene rings is 1. The van der Waals surface area contributed by atoms with E-state index in [9.17, 15) is 0 Å². The van der Waals surface area contributed by atoms with Crippen LogP contribution in [0.1, 0.15) is 5.56 Å². The van der Waals surface area contributed by atoms with Crippen LogP contribution in [0.3, 0.4) is 0 Å². The summed E-state index contributed by atoms with van der Waals surface area (Å²) in [7, 11) is 0. The molecule has 1 aromatic carbocycles. The van der Waals surface area contributed by atoms with E-state index in [2.05, 4.69) is 16.9 Å². The Labute approximate surface area is 118 Å². The summed E-state index contributed by atoms with van der Waals surface area (Å²) < 4.78 is 2.02. The van der Waals surface area contributed by atoms with Crippen LogP contribution >= 0.6 is 23.2 Å². The van der Waals surface area contributed by atoms with Gasteiger partial charge in [0.05, 0.1) is 10.5 Å². The monoisotopic (exact) mass is 289 g/mol. The van der Waals surface area contributed by atoms with Crippen molar-refractivity contribution < 1.29 is 0 Å². The molecule has 4 rings (SSSR count). The van der Waals surface area contributed by atoms with Crippen LogP contribution in [0.2, 0.25) is 10.0 Å². The third kappa shape index (κ3) is 1.49. The summed E-state index contributed by atoms with van der Waals surface area (Å²) in [5.41, 5.74) is 4.80. The molecule has 0 amide bonds. The lowest BCUT2D eigenvalue weighted by molar-refractivity contribution is 1.18. The van der Waals surface area contributed by atoms with Crippen molar-refractivity contribution in [2.75, 3.05) is 0 Å². The second kappa shape index (κ2) is 3.65. The first-order valence-corrected chi connectivity index (χ1v) is 6.64. The summed E-state index contributed by atoms with van der Waals surface area (Å²) in [6, 6.07) is 7.72. The van der Waals surface area contributed by atoms with E-state index in [4.69, 9.17) is 23.2 Å². The van der Waals surface area contributed by atoms with E-state index >= 15 is 0 Å². The Balaban J connectivity index is 2.26. The average molecular weight is 290 g/mol. The van der Waals surface area contributed by atoms with Crippen LogP contribution in [0.4, 0.5) is 0 Å². The molecule has 0 unspecified atom stereocenters. The van der Waals surface area contributed by atoms with Crippen LogP contribution in [-0.2, 0) is 0 Å². The van der Waals surface area contributed by atoms with E-state index in [0.29, 0.717) is 10.0 Å². The van der Waals surface area contributed by atoms with Gasteiger partial charge < -0.3 is 4.98 Å². The number of hydrogen-bond donors (Lipinski definition) is 1. The van der Waals surface area contributed by atoms with Crippen LogP contribution in [0.15, 0.2) is 30.5 Å². The molecule has 0 radical (unpaired) electrons. The lowest BCUT2D eigenvalue weighted by atomic mass is 10.2. The van der Waals surface area contributed by atoms with E-state index in [1.807, 2.05) is 28.8 Å². The van der Waals surface area contributed by atoms with E-state index in [1.54, 1.807) is 6.07 Å². The summed E-state index contributed by atoms with van der Waals surface area (Å²) in [5, 5.41) is 2.18. The maximum Gasteiger partial charge on any atom is 0.143 e. The Morgan fingerprint density at radius 3 is 2.89 bits per heavy atom. The van der Waals surface area contributed by atoms with Gasteiger partial charge >= 0.3 is 0 Å². The van der Waals surface area contributed by atoms with Crippen LogP contribution in [-0.4, -0.2) is 14.4 Å². The number of imidazole rings is 1. The molecule has 19 heavy (non-hydrogen) atoms. The lowest BCUT2D eigenvalue weighted by Gasteiger charge is -1.97. The first kappa shape index (κ1) is 11.1. The van der Waals surface area contributed by atoms with Crippen LogP contribution < -0.4 is 0 Å². The molecule has 3 aromatic heterocycles. The Bertz CT molecular complexity index is 950. The molecule has 1 N–H and O–H groups in total. The molecule has 0 bridgehead atoms. The van der Waals surface area contributed by atoms with E-state index in [0.717, 1.165) is 27.7 Å². The topological polar surface area (TPSA) is 33.1 Å². The highest BCUT2D eigenvalue weighted by Gasteiger charge is 2.14. The van der Waals surface area contributed by atoms with Crippen molar-refractivity contribution >= 4 is 50.9 Å². The van der Waals surface area contributed by atoms with Gasteiger partial charge in [0, 0.05) is 16.6 Å². The molecule has 94 valence electrons. The molecule has 0 aliphatic carbocycles. The van der Waals surface area contributed by atoms with Gasteiger partial charge in [-0.15, -0.1) is 0 Å². The van der Waals surface area contributed by atoms with Gasteiger partial charge in [-0.3, -0.25) is 4.40 Å². The highest BCUT2D eigenvalue weighted by atomic mass is 35.5. The third-order valence-electron chi connectivity index (χ3n) is 3.34. The van der Waals surface area contributed by atoms with Crippen LogP contribution in [0.5, 0.6) is 0 Å². The summed E-state index contributed by atoms with van der Waals surface area (Å²) in [4.78, 5) is 7.99. The molecule has 0 atom stereocenters. The molecule has 3 heterocycles.